The van der Waals surface area contributed by atoms with Crippen molar-refractivity contribution < 1.29 is 4.79 Å². The molecule has 28 heavy (non-hydrogen) atoms. The molecule has 1 heterocycles. The number of amides is 1. The first-order chi connectivity index (χ1) is 13.8. The molecule has 1 amide bonds. The Morgan fingerprint density at radius 1 is 1.07 bits per heavy atom. The van der Waals surface area contributed by atoms with Crippen molar-refractivity contribution in [2.75, 3.05) is 11.9 Å². The van der Waals surface area contributed by atoms with Crippen LogP contribution in [0.3, 0.4) is 0 Å². The molecule has 3 N–H and O–H groups in total. The minimum Gasteiger partial charge on any atom is -0.322 e. The zero-order valence-electron chi connectivity index (χ0n) is 15.4. The fourth-order valence-electron chi connectivity index (χ4n) is 3.51. The topological polar surface area (TPSA) is 95.6 Å². The van der Waals surface area contributed by atoms with Crippen LogP contribution >= 0.6 is 0 Å². The summed E-state index contributed by atoms with van der Waals surface area (Å²) < 4.78 is 0. The fraction of sp³-hybridized carbons (Fsp3) is 0.333. The number of benzene rings is 2. The van der Waals surface area contributed by atoms with Crippen molar-refractivity contribution in [3.05, 3.63) is 59.7 Å². The number of nitrogens with zero attached hydrogens (tertiary/aromatic N) is 3. The monoisotopic (exact) mass is 374 g/mol. The van der Waals surface area contributed by atoms with E-state index in [-0.39, 0.29) is 5.91 Å². The summed E-state index contributed by atoms with van der Waals surface area (Å²) >= 11 is 0. The maximum absolute atomic E-state index is 12.5. The maximum atomic E-state index is 12.5. The Morgan fingerprint density at radius 2 is 1.86 bits per heavy atom. The molecule has 0 radical (unpaired) electrons. The molecule has 2 aliphatic carbocycles. The smallest absolute Gasteiger partial charge is 0.255 e. The molecule has 5 rings (SSSR count). The summed E-state index contributed by atoms with van der Waals surface area (Å²) in [4.78, 5) is 12.5. The highest BCUT2D eigenvalue weighted by molar-refractivity contribution is 6.04. The van der Waals surface area contributed by atoms with Crippen LogP contribution in [0.25, 0.3) is 11.4 Å². The number of aromatic amines is 1. The molecule has 0 bridgehead atoms. The van der Waals surface area contributed by atoms with Gasteiger partial charge in [0.25, 0.3) is 5.91 Å². The summed E-state index contributed by atoms with van der Waals surface area (Å²) in [6.07, 6.45) is 3.97. The van der Waals surface area contributed by atoms with E-state index in [0.717, 1.165) is 23.7 Å². The van der Waals surface area contributed by atoms with Crippen LogP contribution in [0.4, 0.5) is 5.69 Å². The first-order valence-corrected chi connectivity index (χ1v) is 9.75. The van der Waals surface area contributed by atoms with Crippen molar-refractivity contribution in [3.8, 4) is 11.4 Å². The quantitative estimate of drug-likeness (QED) is 0.591. The van der Waals surface area contributed by atoms with Crippen LogP contribution in [0.2, 0.25) is 0 Å². The van der Waals surface area contributed by atoms with Crippen LogP contribution in [0, 0.1) is 5.92 Å². The number of hydrogen-bond donors (Lipinski definition) is 3. The van der Waals surface area contributed by atoms with E-state index >= 15 is 0 Å². The summed E-state index contributed by atoms with van der Waals surface area (Å²) in [7, 11) is 0. The van der Waals surface area contributed by atoms with Gasteiger partial charge in [-0.3, -0.25) is 4.79 Å². The highest BCUT2D eigenvalue weighted by atomic mass is 16.1. The lowest BCUT2D eigenvalue weighted by molar-refractivity contribution is 0.102. The molecule has 2 fully saturated rings. The summed E-state index contributed by atoms with van der Waals surface area (Å²) in [5.41, 5.74) is 3.57. The third-order valence-electron chi connectivity index (χ3n) is 5.52. The number of carbonyl (C=O) groups excluding carboxylic acids is 1. The predicted octanol–water partition coefficient (Wildman–Crippen LogP) is 2.97. The van der Waals surface area contributed by atoms with E-state index in [4.69, 9.17) is 0 Å². The van der Waals surface area contributed by atoms with Crippen molar-refractivity contribution in [2.24, 2.45) is 5.92 Å². The SMILES string of the molecule is O=C(Nc1ccc(-c2nnn[nH]2)cc1)c1ccc([C@@H]2C[C@H]2NCC2CC2)cc1. The zero-order valence-corrected chi connectivity index (χ0v) is 15.4. The molecule has 7 heteroatoms. The van der Waals surface area contributed by atoms with Gasteiger partial charge in [-0.15, -0.1) is 5.10 Å². The van der Waals surface area contributed by atoms with Crippen LogP contribution in [-0.2, 0) is 0 Å². The lowest BCUT2D eigenvalue weighted by atomic mass is 10.1. The summed E-state index contributed by atoms with van der Waals surface area (Å²) in [5.74, 6) is 1.99. The molecular weight excluding hydrogens is 352 g/mol. The minimum absolute atomic E-state index is 0.111. The van der Waals surface area contributed by atoms with E-state index in [0.29, 0.717) is 23.3 Å². The summed E-state index contributed by atoms with van der Waals surface area (Å²) in [6.45, 7) is 1.16. The van der Waals surface area contributed by atoms with Crippen LogP contribution in [0.5, 0.6) is 0 Å². The Labute approximate surface area is 162 Å². The van der Waals surface area contributed by atoms with Crippen molar-refractivity contribution >= 4 is 11.6 Å². The van der Waals surface area contributed by atoms with Crippen molar-refractivity contribution in [3.63, 3.8) is 0 Å². The van der Waals surface area contributed by atoms with Crippen LogP contribution < -0.4 is 10.6 Å². The van der Waals surface area contributed by atoms with Gasteiger partial charge in [-0.05, 0) is 84.1 Å². The van der Waals surface area contributed by atoms with Gasteiger partial charge in [-0.1, -0.05) is 12.1 Å². The molecule has 2 atom stereocenters. The molecular formula is C21H22N6O. The van der Waals surface area contributed by atoms with E-state index in [9.17, 15) is 4.79 Å². The fourth-order valence-corrected chi connectivity index (χ4v) is 3.51. The Kier molecular flexibility index (Phi) is 4.37. The number of nitrogens with one attached hydrogen (secondary N) is 3. The van der Waals surface area contributed by atoms with Gasteiger partial charge in [-0.2, -0.15) is 0 Å². The van der Waals surface area contributed by atoms with Gasteiger partial charge in [0.1, 0.15) is 0 Å². The Bertz CT molecular complexity index is 948. The molecule has 0 spiro atoms. The van der Waals surface area contributed by atoms with Crippen LogP contribution in [0.15, 0.2) is 48.5 Å². The lowest BCUT2D eigenvalue weighted by Gasteiger charge is -2.07. The van der Waals surface area contributed by atoms with E-state index in [1.54, 1.807) is 0 Å². The van der Waals surface area contributed by atoms with Gasteiger partial charge < -0.3 is 10.6 Å². The molecule has 2 aliphatic rings. The van der Waals surface area contributed by atoms with Gasteiger partial charge in [0.2, 0.25) is 0 Å². The standard InChI is InChI=1S/C21H22N6O/c28-21(23-17-9-7-15(8-10-17)20-24-26-27-25-20)16-5-3-14(4-6-16)18-11-19(18)22-12-13-1-2-13/h3-10,13,18-19,22H,1-2,11-12H2,(H,23,28)(H,24,25,26,27)/t18-,19+/m0/s1. The Morgan fingerprint density at radius 3 is 2.54 bits per heavy atom. The largest absolute Gasteiger partial charge is 0.322 e. The van der Waals surface area contributed by atoms with E-state index < -0.39 is 0 Å². The third kappa shape index (κ3) is 3.80. The number of aromatic nitrogens is 4. The van der Waals surface area contributed by atoms with Crippen molar-refractivity contribution in [1.29, 1.82) is 0 Å². The molecule has 0 saturated heterocycles. The second-order valence-electron chi connectivity index (χ2n) is 7.70. The normalized spacial score (nSPS) is 20.7. The number of anilines is 1. The second-order valence-corrected chi connectivity index (χ2v) is 7.70. The van der Waals surface area contributed by atoms with E-state index in [1.165, 1.54) is 24.8 Å². The first-order valence-electron chi connectivity index (χ1n) is 9.75. The Balaban J connectivity index is 1.17. The van der Waals surface area contributed by atoms with Gasteiger partial charge in [0.15, 0.2) is 5.82 Å². The first kappa shape index (κ1) is 17.1. The molecule has 1 aromatic heterocycles. The van der Waals surface area contributed by atoms with Gasteiger partial charge in [0.05, 0.1) is 0 Å². The molecule has 0 unspecified atom stereocenters. The number of tetrazole rings is 1. The number of carbonyl (C=O) groups is 1. The van der Waals surface area contributed by atoms with Crippen molar-refractivity contribution in [2.45, 2.75) is 31.2 Å². The lowest BCUT2D eigenvalue weighted by Crippen LogP contribution is -2.20. The van der Waals surface area contributed by atoms with Gasteiger partial charge in [0, 0.05) is 28.8 Å². The zero-order chi connectivity index (χ0) is 18.9. The predicted molar refractivity (Wildman–Crippen MR) is 106 cm³/mol. The Hall–Kier alpha value is -3.06. The second kappa shape index (κ2) is 7.16. The third-order valence-corrected chi connectivity index (χ3v) is 5.52. The molecule has 142 valence electrons. The average molecular weight is 374 g/mol. The van der Waals surface area contributed by atoms with Gasteiger partial charge in [-0.25, -0.2) is 5.10 Å². The minimum atomic E-state index is -0.111. The van der Waals surface area contributed by atoms with Gasteiger partial charge >= 0.3 is 0 Å². The van der Waals surface area contributed by atoms with Crippen LogP contribution in [0.1, 0.15) is 41.1 Å². The number of H-pyrrole nitrogens is 1. The van der Waals surface area contributed by atoms with E-state index in [2.05, 4.69) is 43.4 Å². The molecule has 2 aromatic carbocycles. The molecule has 2 saturated carbocycles. The summed E-state index contributed by atoms with van der Waals surface area (Å²) in [5, 5.41) is 20.3. The van der Waals surface area contributed by atoms with Crippen molar-refractivity contribution in [1.82, 2.24) is 25.9 Å². The molecule has 0 aliphatic heterocycles. The molecule has 3 aromatic rings. The average Bonchev–Trinajstić information content (AvgIpc) is 3.64. The number of rotatable bonds is 7. The number of hydrogen-bond acceptors (Lipinski definition) is 5. The molecule has 7 nitrogen and oxygen atoms in total. The summed E-state index contributed by atoms with van der Waals surface area (Å²) in [6, 6.07) is 16.0. The van der Waals surface area contributed by atoms with Crippen LogP contribution in [-0.4, -0.2) is 39.1 Å². The van der Waals surface area contributed by atoms with E-state index in [1.807, 2.05) is 36.4 Å². The highest BCUT2D eigenvalue weighted by Gasteiger charge is 2.38. The maximum Gasteiger partial charge on any atom is 0.255 e. The highest BCUT2D eigenvalue weighted by Crippen LogP contribution is 2.41.